The molecule has 34 heavy (non-hydrogen) atoms. The van der Waals surface area contributed by atoms with Gasteiger partial charge in [0.15, 0.2) is 0 Å². The summed E-state index contributed by atoms with van der Waals surface area (Å²) in [6.07, 6.45) is 8.10. The zero-order valence-electron chi connectivity index (χ0n) is 20.6. The van der Waals surface area contributed by atoms with E-state index in [9.17, 15) is 9.59 Å². The van der Waals surface area contributed by atoms with Crippen molar-refractivity contribution in [3.05, 3.63) is 47.5 Å². The summed E-state index contributed by atoms with van der Waals surface area (Å²) in [5.74, 6) is 2.65. The van der Waals surface area contributed by atoms with Gasteiger partial charge in [0.05, 0.1) is 11.8 Å². The van der Waals surface area contributed by atoms with Crippen LogP contribution in [0.25, 0.3) is 11.1 Å². The summed E-state index contributed by atoms with van der Waals surface area (Å²) < 4.78 is 11.6. The van der Waals surface area contributed by atoms with Crippen LogP contribution in [0.3, 0.4) is 0 Å². The lowest BCUT2D eigenvalue weighted by molar-refractivity contribution is -0.141. The topological polar surface area (TPSA) is 52.6 Å². The highest BCUT2D eigenvalue weighted by Gasteiger charge is 2.30. The van der Waals surface area contributed by atoms with Crippen molar-refractivity contribution in [3.63, 3.8) is 0 Å². The Morgan fingerprint density at radius 1 is 0.618 bits per heavy atom. The predicted molar refractivity (Wildman–Crippen MR) is 133 cm³/mol. The molecule has 180 valence electrons. The normalized spacial score (nSPS) is 28.0. The Morgan fingerprint density at radius 2 is 1.00 bits per heavy atom. The van der Waals surface area contributed by atoms with Crippen molar-refractivity contribution in [2.75, 3.05) is 0 Å². The highest BCUT2D eigenvalue weighted by Crippen LogP contribution is 2.47. The maximum absolute atomic E-state index is 12.7. The number of hydrogen-bond donors (Lipinski definition) is 0. The second-order valence-electron chi connectivity index (χ2n) is 11.0. The molecule has 2 aromatic rings. The van der Waals surface area contributed by atoms with Gasteiger partial charge in [-0.25, -0.2) is 0 Å². The molecule has 3 aliphatic rings. The molecule has 2 fully saturated rings. The van der Waals surface area contributed by atoms with Crippen LogP contribution in [0.15, 0.2) is 36.4 Å². The van der Waals surface area contributed by atoms with E-state index in [1.165, 1.54) is 0 Å². The van der Waals surface area contributed by atoms with Gasteiger partial charge in [0.1, 0.15) is 11.5 Å². The molecular weight excluding hydrogens is 424 g/mol. The van der Waals surface area contributed by atoms with E-state index in [2.05, 4.69) is 32.9 Å². The van der Waals surface area contributed by atoms with E-state index in [1.54, 1.807) is 0 Å². The molecule has 2 aromatic carbocycles. The van der Waals surface area contributed by atoms with E-state index in [-0.39, 0.29) is 29.7 Å². The van der Waals surface area contributed by atoms with Crippen LogP contribution in [0.4, 0.5) is 0 Å². The van der Waals surface area contributed by atoms with Crippen LogP contribution < -0.4 is 9.47 Å². The summed E-state index contributed by atoms with van der Waals surface area (Å²) in [6, 6.07) is 11.9. The Kier molecular flexibility index (Phi) is 6.50. The van der Waals surface area contributed by atoms with Gasteiger partial charge in [-0.2, -0.15) is 0 Å². The number of esters is 2. The quantitative estimate of drug-likeness (QED) is 0.355. The number of hydrogen-bond acceptors (Lipinski definition) is 4. The number of carbonyl (C=O) groups is 2. The zero-order valence-corrected chi connectivity index (χ0v) is 20.6. The van der Waals surface area contributed by atoms with Gasteiger partial charge in [-0.15, -0.1) is 0 Å². The molecule has 0 saturated heterocycles. The van der Waals surface area contributed by atoms with Crippen LogP contribution >= 0.6 is 0 Å². The predicted octanol–water partition coefficient (Wildman–Crippen LogP) is 7.28. The highest BCUT2D eigenvalue weighted by atomic mass is 16.5. The van der Waals surface area contributed by atoms with Crippen LogP contribution in [-0.4, -0.2) is 11.9 Å². The van der Waals surface area contributed by atoms with Gasteiger partial charge < -0.3 is 9.47 Å². The Balaban J connectivity index is 1.27. The fourth-order valence-corrected chi connectivity index (χ4v) is 5.97. The molecule has 3 aliphatic carbocycles. The second kappa shape index (κ2) is 9.56. The Hall–Kier alpha value is -2.62. The van der Waals surface area contributed by atoms with E-state index < -0.39 is 0 Å². The van der Waals surface area contributed by atoms with Crippen molar-refractivity contribution in [3.8, 4) is 22.6 Å². The lowest BCUT2D eigenvalue weighted by atomic mass is 9.83. The molecule has 4 nitrogen and oxygen atoms in total. The monoisotopic (exact) mass is 460 g/mol. The summed E-state index contributed by atoms with van der Waals surface area (Å²) in [5, 5.41) is 0. The maximum atomic E-state index is 12.7. The molecule has 0 heterocycles. The minimum absolute atomic E-state index is 0.0173. The summed E-state index contributed by atoms with van der Waals surface area (Å²) in [4.78, 5) is 25.4. The van der Waals surface area contributed by atoms with E-state index in [1.807, 2.05) is 24.3 Å². The number of rotatable bonds is 4. The zero-order chi connectivity index (χ0) is 23.8. The fraction of sp³-hybridized carbons (Fsp3) is 0.533. The molecule has 4 heteroatoms. The minimum Gasteiger partial charge on any atom is -0.426 e. The van der Waals surface area contributed by atoms with Crippen LogP contribution in [0.2, 0.25) is 0 Å². The summed E-state index contributed by atoms with van der Waals surface area (Å²) in [5.41, 5.74) is 4.63. The number of benzene rings is 2. The van der Waals surface area contributed by atoms with Crippen molar-refractivity contribution in [1.82, 2.24) is 0 Å². The SMILES string of the molecule is CC1CCC(C(=O)Oc2ccc3c(c2)C(C)c2cc(OC(=O)C4CCC(C)CC4)ccc2-3)CC1. The molecule has 0 N–H and O–H groups in total. The van der Waals surface area contributed by atoms with Gasteiger partial charge >= 0.3 is 11.9 Å². The molecule has 0 atom stereocenters. The van der Waals surface area contributed by atoms with Gasteiger partial charge in [-0.05, 0) is 110 Å². The van der Waals surface area contributed by atoms with Crippen molar-refractivity contribution in [2.45, 2.75) is 78.1 Å². The van der Waals surface area contributed by atoms with E-state index in [0.29, 0.717) is 23.3 Å². The first kappa shape index (κ1) is 23.1. The fourth-order valence-electron chi connectivity index (χ4n) is 5.97. The largest absolute Gasteiger partial charge is 0.426 e. The van der Waals surface area contributed by atoms with Gasteiger partial charge in [0.2, 0.25) is 0 Å². The first-order chi connectivity index (χ1) is 16.4. The lowest BCUT2D eigenvalue weighted by Gasteiger charge is -2.24. The molecule has 0 unspecified atom stereocenters. The third kappa shape index (κ3) is 4.64. The molecular formula is C30H36O4. The van der Waals surface area contributed by atoms with Gasteiger partial charge in [-0.1, -0.05) is 32.9 Å². The van der Waals surface area contributed by atoms with Gasteiger partial charge in [0, 0.05) is 5.92 Å². The van der Waals surface area contributed by atoms with Crippen molar-refractivity contribution < 1.29 is 19.1 Å². The van der Waals surface area contributed by atoms with Crippen molar-refractivity contribution in [1.29, 1.82) is 0 Å². The average molecular weight is 461 g/mol. The van der Waals surface area contributed by atoms with Crippen LogP contribution in [0, 0.1) is 23.7 Å². The lowest BCUT2D eigenvalue weighted by Crippen LogP contribution is -2.25. The average Bonchev–Trinajstić information content (AvgIpc) is 3.11. The smallest absolute Gasteiger partial charge is 0.314 e. The van der Waals surface area contributed by atoms with E-state index >= 15 is 0 Å². The minimum atomic E-state index is -0.0960. The third-order valence-electron chi connectivity index (χ3n) is 8.40. The first-order valence-electron chi connectivity index (χ1n) is 13.1. The second-order valence-corrected chi connectivity index (χ2v) is 11.0. The molecule has 5 rings (SSSR count). The molecule has 0 radical (unpaired) electrons. The van der Waals surface area contributed by atoms with Crippen molar-refractivity contribution >= 4 is 11.9 Å². The molecule has 0 bridgehead atoms. The Labute approximate surface area is 203 Å². The van der Waals surface area contributed by atoms with Crippen molar-refractivity contribution in [2.24, 2.45) is 23.7 Å². The summed E-state index contributed by atoms with van der Waals surface area (Å²) in [6.45, 7) is 6.67. The third-order valence-corrected chi connectivity index (χ3v) is 8.40. The Morgan fingerprint density at radius 3 is 1.38 bits per heavy atom. The maximum Gasteiger partial charge on any atom is 0.314 e. The molecule has 0 aliphatic heterocycles. The summed E-state index contributed by atoms with van der Waals surface area (Å²) in [7, 11) is 0. The molecule has 0 spiro atoms. The highest BCUT2D eigenvalue weighted by molar-refractivity contribution is 5.82. The van der Waals surface area contributed by atoms with E-state index in [4.69, 9.17) is 9.47 Å². The van der Waals surface area contributed by atoms with Crippen LogP contribution in [-0.2, 0) is 9.59 Å². The van der Waals surface area contributed by atoms with Gasteiger partial charge in [0.25, 0.3) is 0 Å². The van der Waals surface area contributed by atoms with Gasteiger partial charge in [-0.3, -0.25) is 9.59 Å². The Bertz CT molecular complexity index is 986. The first-order valence-corrected chi connectivity index (χ1v) is 13.1. The molecule has 0 aromatic heterocycles. The van der Waals surface area contributed by atoms with E-state index in [0.717, 1.165) is 73.6 Å². The van der Waals surface area contributed by atoms with Crippen LogP contribution in [0.5, 0.6) is 11.5 Å². The standard InChI is InChI=1S/C30H36O4/c1-18-4-8-21(9-5-18)29(31)33-23-12-14-25-26-15-13-24(17-28(26)20(3)27(25)16-23)34-30(32)22-10-6-19(2)7-11-22/h12-22H,4-11H2,1-3H3. The number of fused-ring (bicyclic) bond motifs is 3. The number of carbonyl (C=O) groups excluding carboxylic acids is 2. The number of ether oxygens (including phenoxy) is 2. The molecule has 2 saturated carbocycles. The summed E-state index contributed by atoms with van der Waals surface area (Å²) >= 11 is 0. The molecule has 0 amide bonds. The van der Waals surface area contributed by atoms with Crippen LogP contribution in [0.1, 0.15) is 89.2 Å².